The number of carbonyl (C=O) groups excluding carboxylic acids is 1. The van der Waals surface area contributed by atoms with Crippen molar-refractivity contribution in [2.24, 2.45) is 11.3 Å². The first-order valence-corrected chi connectivity index (χ1v) is 7.81. The molecule has 0 radical (unpaired) electrons. The van der Waals surface area contributed by atoms with Crippen molar-refractivity contribution in [2.45, 2.75) is 25.4 Å². The second-order valence-corrected chi connectivity index (χ2v) is 6.25. The number of piperidine rings is 1. The molecule has 1 saturated heterocycles. The van der Waals surface area contributed by atoms with Gasteiger partial charge in [0.05, 0.1) is 6.10 Å². The monoisotopic (exact) mass is 324 g/mol. The Morgan fingerprint density at radius 1 is 1.36 bits per heavy atom. The lowest BCUT2D eigenvalue weighted by Gasteiger charge is -2.23. The number of rotatable bonds is 5. The molecule has 2 atom stereocenters. The van der Waals surface area contributed by atoms with Gasteiger partial charge in [-0.3, -0.25) is 4.79 Å². The summed E-state index contributed by atoms with van der Waals surface area (Å²) in [5.74, 6) is 0.419. The van der Waals surface area contributed by atoms with E-state index >= 15 is 0 Å². The summed E-state index contributed by atoms with van der Waals surface area (Å²) in [6.45, 7) is 2.65. The van der Waals surface area contributed by atoms with Crippen LogP contribution < -0.4 is 10.6 Å². The summed E-state index contributed by atoms with van der Waals surface area (Å²) >= 11 is 0. The first-order valence-electron chi connectivity index (χ1n) is 7.81. The van der Waals surface area contributed by atoms with Gasteiger partial charge in [0, 0.05) is 19.6 Å². The molecule has 1 aromatic carbocycles. The Labute approximate surface area is 138 Å². The van der Waals surface area contributed by atoms with E-state index < -0.39 is 0 Å². The fraction of sp³-hybridized carbons (Fsp3) is 0.588. The summed E-state index contributed by atoms with van der Waals surface area (Å²) in [5, 5.41) is 6.45. The van der Waals surface area contributed by atoms with Crippen molar-refractivity contribution in [1.82, 2.24) is 10.6 Å². The van der Waals surface area contributed by atoms with Gasteiger partial charge in [0.15, 0.2) is 0 Å². The number of hydrogen-bond acceptors (Lipinski definition) is 3. The molecule has 5 heteroatoms. The molecule has 2 fully saturated rings. The van der Waals surface area contributed by atoms with E-state index in [0.717, 1.165) is 37.9 Å². The Morgan fingerprint density at radius 3 is 2.68 bits per heavy atom. The van der Waals surface area contributed by atoms with E-state index in [4.69, 9.17) is 4.74 Å². The molecule has 0 aromatic heterocycles. The Morgan fingerprint density at radius 2 is 2.05 bits per heavy atom. The lowest BCUT2D eigenvalue weighted by molar-refractivity contribution is -0.123. The maximum atomic E-state index is 12.3. The zero-order valence-corrected chi connectivity index (χ0v) is 13.8. The maximum absolute atomic E-state index is 12.3. The van der Waals surface area contributed by atoms with Crippen LogP contribution in [0.25, 0.3) is 0 Å². The number of hydrogen-bond donors (Lipinski definition) is 2. The largest absolute Gasteiger partial charge is 0.375 e. The Hall–Kier alpha value is -1.10. The summed E-state index contributed by atoms with van der Waals surface area (Å²) in [6.07, 6.45) is 3.26. The molecule has 1 aliphatic carbocycles. The molecule has 1 aromatic rings. The average Bonchev–Trinajstić information content (AvgIpc) is 3.23. The van der Waals surface area contributed by atoms with Gasteiger partial charge >= 0.3 is 0 Å². The third kappa shape index (κ3) is 3.62. The number of halogens is 1. The number of methoxy groups -OCH3 is 1. The first kappa shape index (κ1) is 17.3. The molecule has 22 heavy (non-hydrogen) atoms. The van der Waals surface area contributed by atoms with E-state index in [2.05, 4.69) is 10.6 Å². The van der Waals surface area contributed by atoms with Crippen LogP contribution in [0.3, 0.4) is 0 Å². The van der Waals surface area contributed by atoms with Crippen LogP contribution in [0.1, 0.15) is 30.9 Å². The highest BCUT2D eigenvalue weighted by atomic mass is 35.5. The van der Waals surface area contributed by atoms with Crippen LogP contribution in [0.15, 0.2) is 30.3 Å². The highest BCUT2D eigenvalue weighted by Gasteiger charge is 2.57. The minimum Gasteiger partial charge on any atom is -0.375 e. The minimum absolute atomic E-state index is 0. The number of nitrogens with one attached hydrogen (secondary N) is 2. The second-order valence-electron chi connectivity index (χ2n) is 6.25. The van der Waals surface area contributed by atoms with E-state index in [1.165, 1.54) is 0 Å². The predicted octanol–water partition coefficient (Wildman–Crippen LogP) is 2.30. The van der Waals surface area contributed by atoms with Crippen LogP contribution >= 0.6 is 12.4 Å². The van der Waals surface area contributed by atoms with Crippen LogP contribution in [-0.4, -0.2) is 32.7 Å². The normalized spacial score (nSPS) is 23.4. The Balaban J connectivity index is 0.00000176. The fourth-order valence-corrected chi connectivity index (χ4v) is 3.52. The molecule has 1 aliphatic heterocycles. The van der Waals surface area contributed by atoms with E-state index in [1.807, 2.05) is 30.3 Å². The Kier molecular flexibility index (Phi) is 5.84. The van der Waals surface area contributed by atoms with Crippen LogP contribution in [0.4, 0.5) is 0 Å². The van der Waals surface area contributed by atoms with Crippen molar-refractivity contribution in [1.29, 1.82) is 0 Å². The number of ether oxygens (including phenoxy) is 1. The van der Waals surface area contributed by atoms with Crippen LogP contribution in [-0.2, 0) is 9.53 Å². The molecule has 2 unspecified atom stereocenters. The van der Waals surface area contributed by atoms with Crippen LogP contribution in [0, 0.1) is 11.3 Å². The van der Waals surface area contributed by atoms with Crippen LogP contribution in [0.5, 0.6) is 0 Å². The summed E-state index contributed by atoms with van der Waals surface area (Å²) in [4.78, 5) is 12.3. The summed E-state index contributed by atoms with van der Waals surface area (Å²) in [5.41, 5.74) is 1.40. The topological polar surface area (TPSA) is 50.4 Å². The van der Waals surface area contributed by atoms with E-state index in [9.17, 15) is 4.79 Å². The summed E-state index contributed by atoms with van der Waals surface area (Å²) < 4.78 is 5.50. The average molecular weight is 325 g/mol. The minimum atomic E-state index is -0.0714. The van der Waals surface area contributed by atoms with Gasteiger partial charge in [-0.15, -0.1) is 12.4 Å². The van der Waals surface area contributed by atoms with Crippen molar-refractivity contribution in [3.8, 4) is 0 Å². The summed E-state index contributed by atoms with van der Waals surface area (Å²) in [6, 6.07) is 10.0. The van der Waals surface area contributed by atoms with Gasteiger partial charge in [0.2, 0.25) is 5.91 Å². The standard InChI is InChI=1S/C17H24N2O2.ClH/c1-21-15(13-5-3-2-4-6-13)12-19-16(20)14-11-17(14)7-9-18-10-8-17;/h2-6,14-15,18H,7-12H2,1H3,(H,19,20);1H. The van der Waals surface area contributed by atoms with Crippen molar-refractivity contribution < 1.29 is 9.53 Å². The van der Waals surface area contributed by atoms with Crippen molar-refractivity contribution >= 4 is 18.3 Å². The fourth-order valence-electron chi connectivity index (χ4n) is 3.52. The molecular weight excluding hydrogens is 300 g/mol. The van der Waals surface area contributed by atoms with Gasteiger partial charge in [0.25, 0.3) is 0 Å². The van der Waals surface area contributed by atoms with Gasteiger partial charge in [0.1, 0.15) is 0 Å². The highest BCUT2D eigenvalue weighted by Crippen LogP contribution is 2.58. The zero-order valence-electron chi connectivity index (χ0n) is 13.0. The van der Waals surface area contributed by atoms with E-state index in [-0.39, 0.29) is 30.3 Å². The molecule has 3 rings (SSSR count). The van der Waals surface area contributed by atoms with Gasteiger partial charge in [-0.1, -0.05) is 30.3 Å². The van der Waals surface area contributed by atoms with Crippen molar-refractivity contribution in [3.63, 3.8) is 0 Å². The molecule has 122 valence electrons. The number of carbonyl (C=O) groups is 1. The maximum Gasteiger partial charge on any atom is 0.223 e. The molecule has 4 nitrogen and oxygen atoms in total. The van der Waals surface area contributed by atoms with Crippen molar-refractivity contribution in [3.05, 3.63) is 35.9 Å². The van der Waals surface area contributed by atoms with Gasteiger partial charge in [-0.05, 0) is 43.3 Å². The number of amides is 1. The third-order valence-corrected chi connectivity index (χ3v) is 5.02. The molecular formula is C17H25ClN2O2. The third-order valence-electron chi connectivity index (χ3n) is 5.02. The van der Waals surface area contributed by atoms with Gasteiger partial charge in [-0.2, -0.15) is 0 Å². The molecule has 1 spiro atoms. The smallest absolute Gasteiger partial charge is 0.223 e. The molecule has 1 saturated carbocycles. The van der Waals surface area contributed by atoms with Crippen molar-refractivity contribution in [2.75, 3.05) is 26.7 Å². The number of benzene rings is 1. The van der Waals surface area contributed by atoms with E-state index in [1.54, 1.807) is 7.11 Å². The Bertz CT molecular complexity index is 489. The summed E-state index contributed by atoms with van der Waals surface area (Å²) in [7, 11) is 1.69. The zero-order chi connectivity index (χ0) is 14.7. The molecule has 1 heterocycles. The van der Waals surface area contributed by atoms with Crippen LogP contribution in [0.2, 0.25) is 0 Å². The lowest BCUT2D eigenvalue weighted by Crippen LogP contribution is -2.35. The lowest BCUT2D eigenvalue weighted by atomic mass is 9.92. The molecule has 2 N–H and O–H groups in total. The van der Waals surface area contributed by atoms with Gasteiger partial charge in [-0.25, -0.2) is 0 Å². The quantitative estimate of drug-likeness (QED) is 0.874. The molecule has 1 amide bonds. The molecule has 0 bridgehead atoms. The predicted molar refractivity (Wildman–Crippen MR) is 89.1 cm³/mol. The second kappa shape index (κ2) is 7.44. The van der Waals surface area contributed by atoms with Gasteiger partial charge < -0.3 is 15.4 Å². The highest BCUT2D eigenvalue weighted by molar-refractivity contribution is 5.85. The first-order chi connectivity index (χ1) is 10.2. The SMILES string of the molecule is COC(CNC(=O)C1CC12CCNCC2)c1ccccc1.Cl. The van der Waals surface area contributed by atoms with E-state index in [0.29, 0.717) is 12.0 Å². The molecule has 2 aliphatic rings.